The Morgan fingerprint density at radius 2 is 1.65 bits per heavy atom. The topological polar surface area (TPSA) is 122 Å². The maximum atomic E-state index is 13.0. The van der Waals surface area contributed by atoms with Crippen LogP contribution in [0.3, 0.4) is 0 Å². The second-order valence-electron chi connectivity index (χ2n) is 10.1. The Morgan fingerprint density at radius 3 is 2.19 bits per heavy atom. The van der Waals surface area contributed by atoms with E-state index in [9.17, 15) is 21.6 Å². The van der Waals surface area contributed by atoms with Crippen LogP contribution >= 0.6 is 0 Å². The smallest absolute Gasteiger partial charge is 0.340 e. The number of hydrogen-bond acceptors (Lipinski definition) is 7. The van der Waals surface area contributed by atoms with Gasteiger partial charge in [-0.15, -0.1) is 0 Å². The molecule has 12 heteroatoms. The molecule has 3 rings (SSSR count). The highest BCUT2D eigenvalue weighted by Crippen LogP contribution is 2.26. The fourth-order valence-electron chi connectivity index (χ4n) is 3.76. The van der Waals surface area contributed by atoms with Crippen molar-refractivity contribution in [2.24, 2.45) is 0 Å². The van der Waals surface area contributed by atoms with Crippen LogP contribution in [-0.2, 0) is 31.4 Å². The molecule has 1 unspecified atom stereocenters. The lowest BCUT2D eigenvalue weighted by Crippen LogP contribution is -2.50. The van der Waals surface area contributed by atoms with Crippen molar-refractivity contribution in [1.29, 1.82) is 0 Å². The van der Waals surface area contributed by atoms with Gasteiger partial charge in [0.15, 0.2) is 0 Å². The van der Waals surface area contributed by atoms with E-state index in [2.05, 4.69) is 5.32 Å². The summed E-state index contributed by atoms with van der Waals surface area (Å²) >= 11 is 0. The van der Waals surface area contributed by atoms with Gasteiger partial charge < -0.3 is 19.1 Å². The van der Waals surface area contributed by atoms with Gasteiger partial charge in [0, 0.05) is 39.3 Å². The molecule has 2 aromatic rings. The Hall–Kier alpha value is -2.67. The number of hydrogen-bond donors (Lipinski definition) is 1. The summed E-state index contributed by atoms with van der Waals surface area (Å²) in [5, 5.41) is 2.97. The number of urea groups is 1. The molecule has 2 aromatic carbocycles. The summed E-state index contributed by atoms with van der Waals surface area (Å²) in [5.41, 5.74) is 0.358. The van der Waals surface area contributed by atoms with Crippen LogP contribution in [0.5, 0.6) is 5.75 Å². The van der Waals surface area contributed by atoms with E-state index >= 15 is 0 Å². The average Bonchev–Trinajstić information content (AvgIpc) is 3.31. The fourth-order valence-corrected chi connectivity index (χ4v) is 6.36. The van der Waals surface area contributed by atoms with Crippen molar-refractivity contribution in [3.8, 4) is 5.75 Å². The van der Waals surface area contributed by atoms with Crippen molar-refractivity contribution in [2.45, 2.75) is 61.6 Å². The van der Waals surface area contributed by atoms with Crippen LogP contribution in [0.2, 0.25) is 0 Å². The predicted molar refractivity (Wildman–Crippen MR) is 139 cm³/mol. The Balaban J connectivity index is 1.78. The van der Waals surface area contributed by atoms with Crippen LogP contribution < -0.4 is 9.50 Å². The van der Waals surface area contributed by atoms with Gasteiger partial charge in [-0.05, 0) is 63.4 Å². The highest BCUT2D eigenvalue weighted by atomic mass is 32.2. The van der Waals surface area contributed by atoms with Crippen molar-refractivity contribution in [2.75, 3.05) is 27.2 Å². The molecule has 1 aliphatic rings. The molecular formula is C25H35N3O7S2. The standard InChI is InChI=1S/C25H35N3O7S2/c1-25(2,3)26-24(29)28(18-21-9-8-16-34-21)17-19-12-14-20(15-13-19)35-37(32,33)23-11-7-6-10-22(23)36(30,31)27(4)5/h6-7,10-15,21H,8-9,16-18H2,1-5H3,(H,26,29). The third kappa shape index (κ3) is 7.67. The summed E-state index contributed by atoms with van der Waals surface area (Å²) in [6.07, 6.45) is 1.81. The highest BCUT2D eigenvalue weighted by Gasteiger charge is 2.29. The number of carbonyl (C=O) groups is 1. The van der Waals surface area contributed by atoms with Gasteiger partial charge in [0.25, 0.3) is 0 Å². The van der Waals surface area contributed by atoms with Gasteiger partial charge in [-0.3, -0.25) is 0 Å². The first kappa shape index (κ1) is 28.9. The van der Waals surface area contributed by atoms with Crippen LogP contribution in [0, 0.1) is 0 Å². The van der Waals surface area contributed by atoms with E-state index in [1.807, 2.05) is 20.8 Å². The molecule has 2 amide bonds. The van der Waals surface area contributed by atoms with Gasteiger partial charge in [0.05, 0.1) is 6.10 Å². The van der Waals surface area contributed by atoms with Gasteiger partial charge in [0.2, 0.25) is 10.0 Å². The summed E-state index contributed by atoms with van der Waals surface area (Å²) in [6.45, 7) is 7.13. The summed E-state index contributed by atoms with van der Waals surface area (Å²) in [7, 11) is -5.81. The molecule has 204 valence electrons. The van der Waals surface area contributed by atoms with Crippen LogP contribution in [-0.4, -0.2) is 71.0 Å². The molecule has 0 aliphatic carbocycles. The summed E-state index contributed by atoms with van der Waals surface area (Å²) in [5.74, 6) is 0.0191. The maximum absolute atomic E-state index is 13.0. The first-order valence-electron chi connectivity index (χ1n) is 11.9. The molecule has 10 nitrogen and oxygen atoms in total. The molecular weight excluding hydrogens is 518 g/mol. The number of benzene rings is 2. The van der Waals surface area contributed by atoms with Crippen molar-refractivity contribution >= 4 is 26.2 Å². The summed E-state index contributed by atoms with van der Waals surface area (Å²) in [6, 6.07) is 11.4. The number of ether oxygens (including phenoxy) is 1. The maximum Gasteiger partial charge on any atom is 0.340 e. The molecule has 1 N–H and O–H groups in total. The largest absolute Gasteiger partial charge is 0.379 e. The number of nitrogens with one attached hydrogen (secondary N) is 1. The van der Waals surface area contributed by atoms with Crippen LogP contribution in [0.25, 0.3) is 0 Å². The Kier molecular flexibility index (Phi) is 8.89. The Labute approximate surface area is 219 Å². The molecule has 1 atom stereocenters. The van der Waals surface area contributed by atoms with E-state index in [4.69, 9.17) is 8.92 Å². The molecule has 1 saturated heterocycles. The van der Waals surface area contributed by atoms with E-state index < -0.39 is 30.6 Å². The molecule has 1 aliphatic heterocycles. The summed E-state index contributed by atoms with van der Waals surface area (Å²) in [4.78, 5) is 13.8. The number of sulfonamides is 1. The van der Waals surface area contributed by atoms with E-state index in [0.717, 1.165) is 22.7 Å². The van der Waals surface area contributed by atoms with E-state index in [1.165, 1.54) is 50.5 Å². The number of carbonyl (C=O) groups excluding carboxylic acids is 1. The average molecular weight is 554 g/mol. The minimum Gasteiger partial charge on any atom is -0.379 e. The minimum absolute atomic E-state index is 0.0191. The van der Waals surface area contributed by atoms with Gasteiger partial charge in [-0.1, -0.05) is 24.3 Å². The minimum atomic E-state index is -4.44. The zero-order valence-electron chi connectivity index (χ0n) is 21.8. The van der Waals surface area contributed by atoms with Crippen molar-refractivity contribution < 1.29 is 30.6 Å². The highest BCUT2D eigenvalue weighted by molar-refractivity contribution is 7.91. The van der Waals surface area contributed by atoms with Crippen molar-refractivity contribution in [1.82, 2.24) is 14.5 Å². The SMILES string of the molecule is CN(C)S(=O)(=O)c1ccccc1S(=O)(=O)Oc1ccc(CN(CC2CCCO2)C(=O)NC(C)(C)C)cc1. The number of amides is 2. The number of rotatable bonds is 9. The Bertz CT molecular complexity index is 1300. The molecule has 0 saturated carbocycles. The molecule has 1 fully saturated rings. The third-order valence-corrected chi connectivity index (χ3v) is 8.91. The van der Waals surface area contributed by atoms with E-state index in [1.54, 1.807) is 17.0 Å². The van der Waals surface area contributed by atoms with Crippen molar-refractivity contribution in [3.05, 3.63) is 54.1 Å². The normalized spacial score (nSPS) is 16.5. The zero-order valence-corrected chi connectivity index (χ0v) is 23.4. The Morgan fingerprint density at radius 1 is 1.03 bits per heavy atom. The second kappa shape index (κ2) is 11.4. The van der Waals surface area contributed by atoms with Crippen LogP contribution in [0.15, 0.2) is 58.3 Å². The molecule has 37 heavy (non-hydrogen) atoms. The fraction of sp³-hybridized carbons (Fsp3) is 0.480. The zero-order chi connectivity index (χ0) is 27.4. The van der Waals surface area contributed by atoms with E-state index in [0.29, 0.717) is 19.7 Å². The third-order valence-electron chi connectivity index (χ3n) is 5.60. The van der Waals surface area contributed by atoms with Gasteiger partial charge in [-0.2, -0.15) is 8.42 Å². The van der Waals surface area contributed by atoms with Crippen LogP contribution in [0.4, 0.5) is 4.79 Å². The van der Waals surface area contributed by atoms with Crippen molar-refractivity contribution in [3.63, 3.8) is 0 Å². The van der Waals surface area contributed by atoms with E-state index in [-0.39, 0.29) is 22.8 Å². The van der Waals surface area contributed by atoms with Gasteiger partial charge in [-0.25, -0.2) is 17.5 Å². The number of nitrogens with zero attached hydrogens (tertiary/aromatic N) is 2. The molecule has 0 bridgehead atoms. The molecule has 0 radical (unpaired) electrons. The first-order valence-corrected chi connectivity index (χ1v) is 14.8. The lowest BCUT2D eigenvalue weighted by atomic mass is 10.1. The molecule has 1 heterocycles. The lowest BCUT2D eigenvalue weighted by molar-refractivity contribution is 0.0782. The predicted octanol–water partition coefficient (Wildman–Crippen LogP) is 3.19. The van der Waals surface area contributed by atoms with Gasteiger partial charge >= 0.3 is 16.1 Å². The quantitative estimate of drug-likeness (QED) is 0.473. The first-order chi connectivity index (χ1) is 17.2. The molecule has 0 spiro atoms. The van der Waals surface area contributed by atoms with Gasteiger partial charge in [0.1, 0.15) is 15.5 Å². The van der Waals surface area contributed by atoms with Crippen LogP contribution in [0.1, 0.15) is 39.2 Å². The molecule has 0 aromatic heterocycles. The lowest BCUT2D eigenvalue weighted by Gasteiger charge is -2.30. The summed E-state index contributed by atoms with van der Waals surface area (Å²) < 4.78 is 63.1. The monoisotopic (exact) mass is 553 g/mol. The second-order valence-corrected chi connectivity index (χ2v) is 13.7.